The highest BCUT2D eigenvalue weighted by molar-refractivity contribution is 5.85. The van der Waals surface area contributed by atoms with Crippen LogP contribution in [-0.4, -0.2) is 24.7 Å². The van der Waals surface area contributed by atoms with Gasteiger partial charge in [0.05, 0.1) is 35.0 Å². The van der Waals surface area contributed by atoms with Crippen LogP contribution in [0.25, 0.3) is 22.4 Å². The molecule has 0 saturated heterocycles. The van der Waals surface area contributed by atoms with E-state index < -0.39 is 12.3 Å². The van der Waals surface area contributed by atoms with Crippen molar-refractivity contribution in [3.63, 3.8) is 0 Å². The molecule has 9 heteroatoms. The van der Waals surface area contributed by atoms with Crippen LogP contribution in [0, 0.1) is 23.2 Å². The van der Waals surface area contributed by atoms with E-state index in [-0.39, 0.29) is 5.89 Å². The summed E-state index contributed by atoms with van der Waals surface area (Å²) < 4.78 is 32.3. The molecular weight excluding hydrogens is 438 g/mol. The summed E-state index contributed by atoms with van der Waals surface area (Å²) in [5, 5.41) is 16.9. The number of fused-ring (bicyclic) bond motifs is 1. The first-order chi connectivity index (χ1) is 16.6. The smallest absolute Gasteiger partial charge is 0.314 e. The van der Waals surface area contributed by atoms with Crippen LogP contribution in [0.1, 0.15) is 34.8 Å². The van der Waals surface area contributed by atoms with E-state index in [0.29, 0.717) is 23.4 Å². The van der Waals surface area contributed by atoms with Crippen LogP contribution in [-0.2, 0) is 6.54 Å². The van der Waals surface area contributed by atoms with Crippen molar-refractivity contribution in [2.45, 2.75) is 13.0 Å². The van der Waals surface area contributed by atoms with Crippen molar-refractivity contribution in [2.75, 3.05) is 0 Å². The van der Waals surface area contributed by atoms with E-state index in [1.54, 1.807) is 36.5 Å². The number of pyridine rings is 2. The van der Waals surface area contributed by atoms with Gasteiger partial charge in [0, 0.05) is 29.5 Å². The van der Waals surface area contributed by atoms with Crippen molar-refractivity contribution in [2.24, 2.45) is 0 Å². The molecule has 0 aliphatic rings. The summed E-state index contributed by atoms with van der Waals surface area (Å²) in [6, 6.07) is 16.5. The van der Waals surface area contributed by atoms with Gasteiger partial charge in [-0.3, -0.25) is 4.98 Å². The zero-order valence-electron chi connectivity index (χ0n) is 17.5. The predicted molar refractivity (Wildman–Crippen MR) is 118 cm³/mol. The second-order valence-corrected chi connectivity index (χ2v) is 7.26. The van der Waals surface area contributed by atoms with Crippen LogP contribution in [0.15, 0.2) is 71.5 Å². The Morgan fingerprint density at radius 1 is 1.00 bits per heavy atom. The highest BCUT2D eigenvalue weighted by atomic mass is 19.3. The Morgan fingerprint density at radius 2 is 1.88 bits per heavy atom. The molecule has 5 rings (SSSR count). The predicted octanol–water partition coefficient (Wildman–Crippen LogP) is 4.74. The molecule has 0 aliphatic heterocycles. The van der Waals surface area contributed by atoms with Crippen LogP contribution < -0.4 is 0 Å². The average Bonchev–Trinajstić information content (AvgIpc) is 3.52. The normalized spacial score (nSPS) is 10.8. The maximum Gasteiger partial charge on any atom is 0.314 e. The Morgan fingerprint density at radius 3 is 2.65 bits per heavy atom. The largest absolute Gasteiger partial charge is 0.415 e. The summed E-state index contributed by atoms with van der Waals surface area (Å²) in [6.45, 7) is 0.483. The first-order valence-corrected chi connectivity index (χ1v) is 10.1. The minimum absolute atomic E-state index is 0.00430. The number of nitriles is 1. The minimum Gasteiger partial charge on any atom is -0.415 e. The van der Waals surface area contributed by atoms with E-state index in [1.807, 2.05) is 29.0 Å². The second kappa shape index (κ2) is 8.93. The van der Waals surface area contributed by atoms with E-state index in [1.165, 1.54) is 6.20 Å². The van der Waals surface area contributed by atoms with E-state index in [0.717, 1.165) is 22.2 Å². The molecule has 0 aliphatic carbocycles. The molecule has 0 unspecified atom stereocenters. The van der Waals surface area contributed by atoms with Gasteiger partial charge in [0.1, 0.15) is 5.69 Å². The molecule has 0 amide bonds. The summed E-state index contributed by atoms with van der Waals surface area (Å²) in [6.07, 6.45) is 2.32. The molecule has 4 aromatic heterocycles. The van der Waals surface area contributed by atoms with Crippen molar-refractivity contribution in [1.29, 1.82) is 5.26 Å². The van der Waals surface area contributed by atoms with E-state index >= 15 is 0 Å². The molecular formula is C25H14F2N6O. The minimum atomic E-state index is -2.82. The van der Waals surface area contributed by atoms with Gasteiger partial charge in [-0.15, -0.1) is 10.2 Å². The molecule has 0 spiro atoms. The SMILES string of the molecule is N#Cc1cccc(C#Cc2nccc3c2ccn3Cc2ccc(-c3nnc(C(F)F)o3)cn2)c1. The van der Waals surface area contributed by atoms with Gasteiger partial charge in [-0.25, -0.2) is 4.98 Å². The maximum atomic E-state index is 12.7. The maximum absolute atomic E-state index is 12.7. The fourth-order valence-electron chi connectivity index (χ4n) is 3.42. The van der Waals surface area contributed by atoms with Gasteiger partial charge in [-0.05, 0) is 48.4 Å². The Kier molecular flexibility index (Phi) is 5.51. The van der Waals surface area contributed by atoms with Gasteiger partial charge in [0.25, 0.3) is 5.89 Å². The third kappa shape index (κ3) is 4.23. The quantitative estimate of drug-likeness (QED) is 0.366. The third-order valence-corrected chi connectivity index (χ3v) is 5.05. The molecule has 0 bridgehead atoms. The van der Waals surface area contributed by atoms with Crippen LogP contribution in [0.4, 0.5) is 8.78 Å². The van der Waals surface area contributed by atoms with Crippen molar-refractivity contribution >= 4 is 10.9 Å². The van der Waals surface area contributed by atoms with Crippen molar-refractivity contribution < 1.29 is 13.2 Å². The Bertz CT molecular complexity index is 1590. The average molecular weight is 452 g/mol. The Balaban J connectivity index is 1.38. The third-order valence-electron chi connectivity index (χ3n) is 5.05. The monoisotopic (exact) mass is 452 g/mol. The van der Waals surface area contributed by atoms with Crippen LogP contribution in [0.3, 0.4) is 0 Å². The lowest BCUT2D eigenvalue weighted by molar-refractivity contribution is 0.116. The molecule has 0 saturated carbocycles. The lowest BCUT2D eigenvalue weighted by Gasteiger charge is -2.06. The Hall–Kier alpha value is -4.89. The lowest BCUT2D eigenvalue weighted by Crippen LogP contribution is -2.00. The highest BCUT2D eigenvalue weighted by Gasteiger charge is 2.17. The van der Waals surface area contributed by atoms with Gasteiger partial charge in [0.15, 0.2) is 0 Å². The number of halogens is 2. The summed E-state index contributed by atoms with van der Waals surface area (Å²) >= 11 is 0. The molecule has 7 nitrogen and oxygen atoms in total. The summed E-state index contributed by atoms with van der Waals surface area (Å²) in [5.74, 6) is 5.43. The van der Waals surface area contributed by atoms with Crippen LogP contribution >= 0.6 is 0 Å². The van der Waals surface area contributed by atoms with Gasteiger partial charge >= 0.3 is 6.43 Å². The van der Waals surface area contributed by atoms with E-state index in [2.05, 4.69) is 38.1 Å². The van der Waals surface area contributed by atoms with Gasteiger partial charge < -0.3 is 8.98 Å². The molecule has 5 aromatic rings. The number of alkyl halides is 2. The number of rotatable bonds is 4. The molecule has 0 fully saturated rings. The molecule has 0 radical (unpaired) electrons. The molecule has 164 valence electrons. The molecule has 4 heterocycles. The van der Waals surface area contributed by atoms with E-state index in [4.69, 9.17) is 9.68 Å². The summed E-state index contributed by atoms with van der Waals surface area (Å²) in [7, 11) is 0. The molecule has 0 N–H and O–H groups in total. The zero-order valence-corrected chi connectivity index (χ0v) is 17.5. The summed E-state index contributed by atoms with van der Waals surface area (Å²) in [5.41, 5.74) is 4.08. The van der Waals surface area contributed by atoms with E-state index in [9.17, 15) is 8.78 Å². The standard InChI is InChI=1S/C25H14F2N6O/c26-23(27)25-32-31-24(34-25)18-5-6-19(30-14-18)15-33-11-9-20-21(29-10-8-22(20)33)7-4-16-2-1-3-17(12-16)13-28/h1-3,5-6,8-12,14,23H,15H2. The van der Waals surface area contributed by atoms with Gasteiger partial charge in [-0.2, -0.15) is 14.0 Å². The zero-order chi connectivity index (χ0) is 23.5. The number of hydrogen-bond donors (Lipinski definition) is 0. The number of aromatic nitrogens is 5. The molecule has 0 atom stereocenters. The highest BCUT2D eigenvalue weighted by Crippen LogP contribution is 2.23. The first-order valence-electron chi connectivity index (χ1n) is 10.1. The number of benzene rings is 1. The molecule has 34 heavy (non-hydrogen) atoms. The van der Waals surface area contributed by atoms with Crippen molar-refractivity contribution in [3.05, 3.63) is 95.5 Å². The van der Waals surface area contributed by atoms with Crippen LogP contribution in [0.2, 0.25) is 0 Å². The number of nitrogens with zero attached hydrogens (tertiary/aromatic N) is 6. The topological polar surface area (TPSA) is 93.4 Å². The van der Waals surface area contributed by atoms with Crippen molar-refractivity contribution in [3.8, 4) is 29.4 Å². The van der Waals surface area contributed by atoms with Crippen LogP contribution in [0.5, 0.6) is 0 Å². The molecule has 1 aromatic carbocycles. The second-order valence-electron chi connectivity index (χ2n) is 7.26. The van der Waals surface area contributed by atoms with Gasteiger partial charge in [-0.1, -0.05) is 12.0 Å². The fourth-order valence-corrected chi connectivity index (χ4v) is 3.42. The Labute approximate surface area is 192 Å². The lowest BCUT2D eigenvalue weighted by atomic mass is 10.1. The van der Waals surface area contributed by atoms with Crippen molar-refractivity contribution in [1.82, 2.24) is 24.7 Å². The number of hydrogen-bond acceptors (Lipinski definition) is 6. The fraction of sp³-hybridized carbons (Fsp3) is 0.0800. The van der Waals surface area contributed by atoms with Gasteiger partial charge in [0.2, 0.25) is 5.89 Å². The summed E-state index contributed by atoms with van der Waals surface area (Å²) in [4.78, 5) is 8.80. The first kappa shape index (κ1) is 21.0.